The van der Waals surface area contributed by atoms with Crippen molar-refractivity contribution in [3.63, 3.8) is 0 Å². The Morgan fingerprint density at radius 3 is 2.40 bits per heavy atom. The Labute approximate surface area is 96.8 Å². The summed E-state index contributed by atoms with van der Waals surface area (Å²) in [5.41, 5.74) is 0. The molecule has 0 N–H and O–H groups in total. The van der Waals surface area contributed by atoms with Crippen molar-refractivity contribution in [2.24, 2.45) is 5.92 Å². The SMILES string of the molecule is CCc1nnc(Cl)n1C(C)CCC(C)C. The summed E-state index contributed by atoms with van der Waals surface area (Å²) in [5, 5.41) is 8.49. The van der Waals surface area contributed by atoms with Gasteiger partial charge in [-0.1, -0.05) is 20.8 Å². The zero-order valence-electron chi connectivity index (χ0n) is 10.00. The van der Waals surface area contributed by atoms with Gasteiger partial charge in [0.1, 0.15) is 5.82 Å². The maximum Gasteiger partial charge on any atom is 0.225 e. The van der Waals surface area contributed by atoms with Gasteiger partial charge in [0, 0.05) is 12.5 Å². The van der Waals surface area contributed by atoms with Crippen LogP contribution in [0.5, 0.6) is 0 Å². The predicted molar refractivity (Wildman–Crippen MR) is 63.2 cm³/mol. The Hall–Kier alpha value is -0.570. The van der Waals surface area contributed by atoms with Crippen LogP contribution in [0.2, 0.25) is 5.28 Å². The fourth-order valence-electron chi connectivity index (χ4n) is 1.68. The molecule has 0 radical (unpaired) electrons. The Kier molecular flexibility index (Phi) is 4.58. The summed E-state index contributed by atoms with van der Waals surface area (Å²) in [6, 6.07) is 0.393. The van der Waals surface area contributed by atoms with Crippen molar-refractivity contribution >= 4 is 11.6 Å². The average molecular weight is 230 g/mol. The molecule has 1 atom stereocenters. The Morgan fingerprint density at radius 1 is 1.20 bits per heavy atom. The first-order valence-corrected chi connectivity index (χ1v) is 6.03. The van der Waals surface area contributed by atoms with E-state index >= 15 is 0 Å². The molecule has 0 amide bonds. The van der Waals surface area contributed by atoms with Crippen molar-refractivity contribution in [1.29, 1.82) is 0 Å². The van der Waals surface area contributed by atoms with Gasteiger partial charge in [0.25, 0.3) is 0 Å². The minimum atomic E-state index is 0.393. The summed E-state index contributed by atoms with van der Waals surface area (Å²) in [7, 11) is 0. The van der Waals surface area contributed by atoms with Gasteiger partial charge in [-0.05, 0) is 37.3 Å². The number of hydrogen-bond donors (Lipinski definition) is 0. The molecule has 0 spiro atoms. The van der Waals surface area contributed by atoms with Crippen LogP contribution in [0.25, 0.3) is 0 Å². The molecular weight excluding hydrogens is 210 g/mol. The second-order valence-corrected chi connectivity index (χ2v) is 4.77. The number of nitrogens with zero attached hydrogens (tertiary/aromatic N) is 3. The highest BCUT2D eigenvalue weighted by atomic mass is 35.5. The van der Waals surface area contributed by atoms with Crippen LogP contribution in [-0.4, -0.2) is 14.8 Å². The first kappa shape index (κ1) is 12.5. The topological polar surface area (TPSA) is 30.7 Å². The largest absolute Gasteiger partial charge is 0.299 e. The van der Waals surface area contributed by atoms with Crippen LogP contribution >= 0.6 is 11.6 Å². The normalized spacial score (nSPS) is 13.5. The van der Waals surface area contributed by atoms with Crippen LogP contribution < -0.4 is 0 Å². The molecule has 1 unspecified atom stereocenters. The van der Waals surface area contributed by atoms with E-state index in [9.17, 15) is 0 Å². The number of aryl methyl sites for hydroxylation is 1. The first-order valence-electron chi connectivity index (χ1n) is 5.65. The zero-order valence-corrected chi connectivity index (χ0v) is 10.8. The van der Waals surface area contributed by atoms with Gasteiger partial charge in [-0.25, -0.2) is 0 Å². The minimum Gasteiger partial charge on any atom is -0.299 e. The molecule has 0 saturated carbocycles. The zero-order chi connectivity index (χ0) is 11.4. The summed E-state index contributed by atoms with van der Waals surface area (Å²) in [4.78, 5) is 0. The van der Waals surface area contributed by atoms with Gasteiger partial charge >= 0.3 is 0 Å². The molecule has 86 valence electrons. The summed E-state index contributed by atoms with van der Waals surface area (Å²) in [6.07, 6.45) is 3.22. The smallest absolute Gasteiger partial charge is 0.225 e. The van der Waals surface area contributed by atoms with E-state index in [1.807, 2.05) is 4.57 Å². The number of rotatable bonds is 5. The van der Waals surface area contributed by atoms with Gasteiger partial charge < -0.3 is 0 Å². The second kappa shape index (κ2) is 5.50. The number of hydrogen-bond acceptors (Lipinski definition) is 2. The van der Waals surface area contributed by atoms with E-state index in [1.54, 1.807) is 0 Å². The van der Waals surface area contributed by atoms with Crippen molar-refractivity contribution in [3.05, 3.63) is 11.1 Å². The minimum absolute atomic E-state index is 0.393. The van der Waals surface area contributed by atoms with Crippen LogP contribution in [0.3, 0.4) is 0 Å². The Balaban J connectivity index is 2.71. The lowest BCUT2D eigenvalue weighted by Gasteiger charge is -2.16. The second-order valence-electron chi connectivity index (χ2n) is 4.43. The highest BCUT2D eigenvalue weighted by molar-refractivity contribution is 6.28. The van der Waals surface area contributed by atoms with Gasteiger partial charge in [-0.15, -0.1) is 10.2 Å². The molecule has 0 saturated heterocycles. The van der Waals surface area contributed by atoms with E-state index in [1.165, 1.54) is 6.42 Å². The number of halogens is 1. The van der Waals surface area contributed by atoms with Crippen molar-refractivity contribution in [2.75, 3.05) is 0 Å². The molecule has 1 aromatic heterocycles. The highest BCUT2D eigenvalue weighted by Gasteiger charge is 2.14. The Morgan fingerprint density at radius 2 is 1.87 bits per heavy atom. The lowest BCUT2D eigenvalue weighted by Crippen LogP contribution is -2.10. The molecule has 1 rings (SSSR count). The van der Waals surface area contributed by atoms with E-state index in [2.05, 4.69) is 37.9 Å². The van der Waals surface area contributed by atoms with Crippen LogP contribution in [0.4, 0.5) is 0 Å². The molecule has 4 heteroatoms. The molecule has 1 heterocycles. The molecular formula is C11H20ClN3. The highest BCUT2D eigenvalue weighted by Crippen LogP contribution is 2.22. The van der Waals surface area contributed by atoms with E-state index < -0.39 is 0 Å². The maximum atomic E-state index is 6.02. The molecule has 15 heavy (non-hydrogen) atoms. The third-order valence-corrected chi connectivity index (χ3v) is 2.90. The summed E-state index contributed by atoms with van der Waals surface area (Å²) in [6.45, 7) is 8.73. The average Bonchev–Trinajstić information content (AvgIpc) is 2.56. The third-order valence-electron chi connectivity index (χ3n) is 2.64. The van der Waals surface area contributed by atoms with Crippen LogP contribution in [0.1, 0.15) is 52.4 Å². The van der Waals surface area contributed by atoms with Crippen LogP contribution in [-0.2, 0) is 6.42 Å². The molecule has 0 aliphatic heterocycles. The quantitative estimate of drug-likeness (QED) is 0.774. The maximum absolute atomic E-state index is 6.02. The van der Waals surface area contributed by atoms with Gasteiger partial charge in [0.2, 0.25) is 5.28 Å². The molecule has 0 bridgehead atoms. The number of aromatic nitrogens is 3. The van der Waals surface area contributed by atoms with Crippen molar-refractivity contribution in [1.82, 2.24) is 14.8 Å². The monoisotopic (exact) mass is 229 g/mol. The fourth-order valence-corrected chi connectivity index (χ4v) is 1.98. The van der Waals surface area contributed by atoms with Gasteiger partial charge in [-0.3, -0.25) is 4.57 Å². The summed E-state index contributed by atoms with van der Waals surface area (Å²) < 4.78 is 2.05. The standard InChI is InChI=1S/C11H20ClN3/c1-5-10-13-14-11(12)15(10)9(4)7-6-8(2)3/h8-9H,5-7H2,1-4H3. The van der Waals surface area contributed by atoms with E-state index in [0.29, 0.717) is 11.3 Å². The van der Waals surface area contributed by atoms with Gasteiger partial charge in [0.15, 0.2) is 0 Å². The van der Waals surface area contributed by atoms with Gasteiger partial charge in [0.05, 0.1) is 0 Å². The summed E-state index contributed by atoms with van der Waals surface area (Å²) >= 11 is 6.02. The van der Waals surface area contributed by atoms with Gasteiger partial charge in [-0.2, -0.15) is 0 Å². The molecule has 0 aliphatic rings. The molecule has 1 aromatic rings. The lowest BCUT2D eigenvalue weighted by atomic mass is 10.0. The van der Waals surface area contributed by atoms with E-state index in [-0.39, 0.29) is 0 Å². The molecule has 0 fully saturated rings. The predicted octanol–water partition coefficient (Wildman–Crippen LogP) is 3.49. The molecule has 0 aliphatic carbocycles. The van der Waals surface area contributed by atoms with Crippen molar-refractivity contribution in [2.45, 2.75) is 53.0 Å². The van der Waals surface area contributed by atoms with Crippen LogP contribution in [0.15, 0.2) is 0 Å². The molecule has 3 nitrogen and oxygen atoms in total. The van der Waals surface area contributed by atoms with Crippen molar-refractivity contribution < 1.29 is 0 Å². The Bertz CT molecular complexity index is 307. The van der Waals surface area contributed by atoms with E-state index in [4.69, 9.17) is 11.6 Å². The fraction of sp³-hybridized carbons (Fsp3) is 0.818. The van der Waals surface area contributed by atoms with E-state index in [0.717, 1.165) is 24.6 Å². The van der Waals surface area contributed by atoms with Crippen LogP contribution in [0, 0.1) is 5.92 Å². The molecule has 0 aromatic carbocycles. The van der Waals surface area contributed by atoms with Crippen molar-refractivity contribution in [3.8, 4) is 0 Å². The summed E-state index contributed by atoms with van der Waals surface area (Å²) in [5.74, 6) is 1.71. The lowest BCUT2D eigenvalue weighted by molar-refractivity contribution is 0.430. The first-order chi connectivity index (χ1) is 7.06. The third kappa shape index (κ3) is 3.20.